The summed E-state index contributed by atoms with van der Waals surface area (Å²) in [4.78, 5) is 2.56. The molecule has 0 fully saturated rings. The van der Waals surface area contributed by atoms with Crippen molar-refractivity contribution in [3.05, 3.63) is 270 Å². The fraction of sp³-hybridized carbons (Fsp3) is 0.120. The lowest BCUT2D eigenvalue weighted by Gasteiger charge is -2.31. The van der Waals surface area contributed by atoms with Gasteiger partial charge in [-0.25, -0.2) is 0 Å². The molecule has 0 unspecified atom stereocenters. The van der Waals surface area contributed by atoms with E-state index in [2.05, 4.69) is 283 Å². The maximum Gasteiger partial charge on any atom is 0.0465 e. The number of fused-ring (bicyclic) bond motifs is 15. The quantitative estimate of drug-likeness (QED) is 0.160. The van der Waals surface area contributed by atoms with Gasteiger partial charge in [0, 0.05) is 33.3 Å². The Morgan fingerprint density at radius 1 is 0.224 bits per heavy atom. The Morgan fingerprint density at radius 2 is 0.474 bits per heavy atom. The Hall–Kier alpha value is -8.78. The van der Waals surface area contributed by atoms with Gasteiger partial charge >= 0.3 is 0 Å². The molecule has 1 nitrogen and oxygen atoms in total. The third-order valence-electron chi connectivity index (χ3n) is 18.0. The van der Waals surface area contributed by atoms with E-state index < -0.39 is 0 Å². The van der Waals surface area contributed by atoms with Gasteiger partial charge in [0.2, 0.25) is 0 Å². The van der Waals surface area contributed by atoms with Gasteiger partial charge in [0.1, 0.15) is 0 Å². The molecule has 76 heavy (non-hydrogen) atoms. The minimum atomic E-state index is -0.266. The van der Waals surface area contributed by atoms with Crippen LogP contribution in [-0.2, 0) is 16.2 Å². The Balaban J connectivity index is 0.939. The van der Waals surface area contributed by atoms with Crippen LogP contribution in [0.5, 0.6) is 0 Å². The molecule has 3 aliphatic carbocycles. The largest absolute Gasteiger partial charge is 0.310 e. The van der Waals surface area contributed by atoms with E-state index in [0.717, 1.165) is 17.1 Å². The average molecular weight is 972 g/mol. The van der Waals surface area contributed by atoms with Crippen LogP contribution in [0.25, 0.3) is 99.1 Å². The van der Waals surface area contributed by atoms with E-state index in [1.165, 1.54) is 132 Å². The molecule has 0 heterocycles. The molecule has 0 aliphatic heterocycles. The summed E-state index contributed by atoms with van der Waals surface area (Å²) in [6.45, 7) is 14.6. The Labute approximate surface area is 446 Å². The third-order valence-corrected chi connectivity index (χ3v) is 18.0. The van der Waals surface area contributed by atoms with E-state index in [1.807, 2.05) is 0 Å². The number of benzene rings is 12. The first-order valence-corrected chi connectivity index (χ1v) is 27.1. The number of nitrogens with zero attached hydrogens (tertiary/aromatic N) is 1. The van der Waals surface area contributed by atoms with Gasteiger partial charge in [0.15, 0.2) is 0 Å². The second-order valence-corrected chi connectivity index (χ2v) is 23.2. The summed E-state index contributed by atoms with van der Waals surface area (Å²) in [6.07, 6.45) is 0. The van der Waals surface area contributed by atoms with Crippen LogP contribution in [0.15, 0.2) is 237 Å². The molecular weight excluding hydrogens is 915 g/mol. The van der Waals surface area contributed by atoms with Crippen molar-refractivity contribution in [1.29, 1.82) is 0 Å². The van der Waals surface area contributed by atoms with Crippen LogP contribution in [0, 0.1) is 0 Å². The van der Waals surface area contributed by atoms with Gasteiger partial charge in [0.05, 0.1) is 0 Å². The predicted molar refractivity (Wildman–Crippen MR) is 323 cm³/mol. The predicted octanol–water partition coefficient (Wildman–Crippen LogP) is 20.5. The van der Waals surface area contributed by atoms with Crippen LogP contribution in [0.2, 0.25) is 0 Å². The fourth-order valence-electron chi connectivity index (χ4n) is 14.1. The Morgan fingerprint density at radius 3 is 0.750 bits per heavy atom. The van der Waals surface area contributed by atoms with Gasteiger partial charge in [-0.15, -0.1) is 0 Å². The lowest BCUT2D eigenvalue weighted by molar-refractivity contribution is 0.660. The number of anilines is 3. The highest BCUT2D eigenvalue weighted by Crippen LogP contribution is 2.59. The molecule has 3 aliphatic rings. The van der Waals surface area contributed by atoms with E-state index in [0.29, 0.717) is 0 Å². The first kappa shape index (κ1) is 44.7. The van der Waals surface area contributed by atoms with Gasteiger partial charge in [-0.3, -0.25) is 0 Å². The topological polar surface area (TPSA) is 3.24 Å². The molecule has 0 saturated heterocycles. The zero-order valence-corrected chi connectivity index (χ0v) is 44.0. The molecule has 15 rings (SSSR count). The van der Waals surface area contributed by atoms with Gasteiger partial charge in [0.25, 0.3) is 0 Å². The highest BCUT2D eigenvalue weighted by atomic mass is 15.1. The number of hydrogen-bond donors (Lipinski definition) is 0. The second-order valence-electron chi connectivity index (χ2n) is 23.2. The molecular formula is C75H57N. The average Bonchev–Trinajstić information content (AvgIpc) is 3.97. The fourth-order valence-corrected chi connectivity index (χ4v) is 14.1. The highest BCUT2D eigenvalue weighted by Gasteiger charge is 2.42. The monoisotopic (exact) mass is 971 g/mol. The van der Waals surface area contributed by atoms with Crippen LogP contribution >= 0.6 is 0 Å². The minimum absolute atomic E-state index is 0.266. The normalized spacial score (nSPS) is 14.8. The highest BCUT2D eigenvalue weighted by molar-refractivity contribution is 6.12. The molecule has 0 atom stereocenters. The van der Waals surface area contributed by atoms with E-state index in [1.54, 1.807) is 0 Å². The zero-order chi connectivity index (χ0) is 51.2. The molecule has 0 aromatic heterocycles. The van der Waals surface area contributed by atoms with Crippen molar-refractivity contribution in [2.24, 2.45) is 0 Å². The summed E-state index contributed by atoms with van der Waals surface area (Å²) >= 11 is 0. The summed E-state index contributed by atoms with van der Waals surface area (Å²) in [5.41, 5.74) is 26.5. The minimum Gasteiger partial charge on any atom is -0.310 e. The molecule has 0 saturated carbocycles. The van der Waals surface area contributed by atoms with Crippen molar-refractivity contribution in [3.63, 3.8) is 0 Å². The Bertz CT molecular complexity index is 3950. The molecule has 0 bridgehead atoms. The summed E-state index contributed by atoms with van der Waals surface area (Å²) in [7, 11) is 0. The number of hydrogen-bond acceptors (Lipinski definition) is 1. The van der Waals surface area contributed by atoms with Crippen molar-refractivity contribution in [3.8, 4) is 66.8 Å². The molecule has 0 N–H and O–H groups in total. The first-order valence-electron chi connectivity index (χ1n) is 27.1. The summed E-state index contributed by atoms with van der Waals surface area (Å²) < 4.78 is 0. The van der Waals surface area contributed by atoms with Crippen molar-refractivity contribution in [2.45, 2.75) is 57.8 Å². The molecule has 1 heteroatoms. The lowest BCUT2D eigenvalue weighted by atomic mass is 9.80. The van der Waals surface area contributed by atoms with Crippen LogP contribution < -0.4 is 4.90 Å². The van der Waals surface area contributed by atoms with E-state index in [4.69, 9.17) is 0 Å². The van der Waals surface area contributed by atoms with Crippen molar-refractivity contribution >= 4 is 49.4 Å². The summed E-state index contributed by atoms with van der Waals surface area (Å²) in [6, 6.07) is 89.3. The van der Waals surface area contributed by atoms with Gasteiger partial charge in [-0.2, -0.15) is 0 Å². The summed E-state index contributed by atoms with van der Waals surface area (Å²) in [5.74, 6) is 0. The standard InChI is InChI=1S/C75H57N/c1-73(2)64-40-49(34-37-58(64)70-55-31-19-16-28-52(55)61(43-67(70)73)46-22-10-7-11-23-46)76(50-35-38-59-65(41-50)74(3,4)68-44-62(47-24-12-8-13-25-47)53-29-17-20-32-56(53)71(59)68)51-36-39-60-66(42-51)75(5,6)69-45-63(48-26-14-9-15-27-48)54-30-18-21-33-57(54)72(60)69/h7-45H,1-6H3. The van der Waals surface area contributed by atoms with E-state index >= 15 is 0 Å². The molecule has 0 spiro atoms. The maximum absolute atomic E-state index is 2.56. The SMILES string of the molecule is CC1(C)c2cc(N(c3ccc4c(c3)C(C)(C)c3cc(-c5ccccc5)c5ccccc5c3-4)c3ccc4c(c3)C(C)(C)c3cc(-c5ccccc5)c5ccccc5c3-4)ccc2-c2c1cc(-c1ccccc1)c1ccccc21. The molecule has 0 radical (unpaired) electrons. The zero-order valence-electron chi connectivity index (χ0n) is 44.0. The molecule has 0 amide bonds. The Kier molecular flexibility index (Phi) is 9.47. The smallest absolute Gasteiger partial charge is 0.0465 e. The van der Waals surface area contributed by atoms with E-state index in [9.17, 15) is 0 Å². The van der Waals surface area contributed by atoms with E-state index in [-0.39, 0.29) is 16.2 Å². The molecule has 12 aromatic rings. The first-order chi connectivity index (χ1) is 37.0. The second kappa shape index (κ2) is 16.1. The number of rotatable bonds is 6. The lowest BCUT2D eigenvalue weighted by Crippen LogP contribution is -2.19. The molecule has 362 valence electrons. The van der Waals surface area contributed by atoms with Gasteiger partial charge in [-0.05, 0) is 187 Å². The third kappa shape index (κ3) is 6.26. The van der Waals surface area contributed by atoms with Crippen LogP contribution in [0.4, 0.5) is 17.1 Å². The van der Waals surface area contributed by atoms with Crippen molar-refractivity contribution in [2.75, 3.05) is 4.90 Å². The van der Waals surface area contributed by atoms with Crippen LogP contribution in [0.1, 0.15) is 74.9 Å². The maximum atomic E-state index is 2.56. The van der Waals surface area contributed by atoms with Crippen LogP contribution in [-0.4, -0.2) is 0 Å². The van der Waals surface area contributed by atoms with Crippen molar-refractivity contribution in [1.82, 2.24) is 0 Å². The summed E-state index contributed by atoms with van der Waals surface area (Å²) in [5, 5.41) is 7.79. The molecule has 12 aromatic carbocycles. The van der Waals surface area contributed by atoms with Crippen LogP contribution in [0.3, 0.4) is 0 Å². The van der Waals surface area contributed by atoms with Gasteiger partial charge in [-0.1, -0.05) is 224 Å². The van der Waals surface area contributed by atoms with Gasteiger partial charge < -0.3 is 4.90 Å². The van der Waals surface area contributed by atoms with Crippen molar-refractivity contribution < 1.29 is 0 Å².